The number of carbonyl (C=O) groups excluding carboxylic acids is 2. The van der Waals surface area contributed by atoms with Crippen molar-refractivity contribution in [2.45, 2.75) is 31.9 Å². The Hall–Kier alpha value is -4.26. The minimum absolute atomic E-state index is 0.0450. The lowest BCUT2D eigenvalue weighted by atomic mass is 9.98. The molecule has 2 aromatic heterocycles. The smallest absolute Gasteiger partial charge is 0.256 e. The number of likely N-dealkylation sites (tertiary alicyclic amines) is 1. The van der Waals surface area contributed by atoms with Crippen molar-refractivity contribution in [2.24, 2.45) is 5.73 Å². The maximum absolute atomic E-state index is 13.6. The van der Waals surface area contributed by atoms with Crippen molar-refractivity contribution in [3.8, 4) is 17.6 Å². The number of hydrogen-bond donors (Lipinski definition) is 1. The first-order valence-corrected chi connectivity index (χ1v) is 10.1. The molecular weight excluding hydrogens is 410 g/mol. The number of nitrogens with two attached hydrogens (primary N) is 1. The molecule has 0 bridgehead atoms. The van der Waals surface area contributed by atoms with Gasteiger partial charge in [0.2, 0.25) is 11.8 Å². The molecule has 1 aliphatic heterocycles. The van der Waals surface area contributed by atoms with Crippen molar-refractivity contribution in [1.82, 2.24) is 24.9 Å². The maximum atomic E-state index is 13.6. The average molecular weight is 431 g/mol. The Kier molecular flexibility index (Phi) is 5.81. The molecule has 0 aliphatic carbocycles. The Morgan fingerprint density at radius 3 is 2.66 bits per heavy atom. The minimum Gasteiger partial charge on any atom is -0.472 e. The lowest BCUT2D eigenvalue weighted by Gasteiger charge is -2.38. The second-order valence-electron chi connectivity index (χ2n) is 7.53. The molecule has 0 unspecified atom stereocenters. The summed E-state index contributed by atoms with van der Waals surface area (Å²) in [5.41, 5.74) is 6.83. The highest BCUT2D eigenvalue weighted by Gasteiger charge is 2.32. The fourth-order valence-corrected chi connectivity index (χ4v) is 3.70. The minimum atomic E-state index is -0.629. The lowest BCUT2D eigenvalue weighted by molar-refractivity contribution is 0.0372. The van der Waals surface area contributed by atoms with E-state index < -0.39 is 5.91 Å². The Morgan fingerprint density at radius 1 is 1.16 bits per heavy atom. The van der Waals surface area contributed by atoms with E-state index in [1.807, 2.05) is 6.92 Å². The van der Waals surface area contributed by atoms with E-state index in [4.69, 9.17) is 15.7 Å². The van der Waals surface area contributed by atoms with Gasteiger partial charge in [0.05, 0.1) is 41.8 Å². The third kappa shape index (κ3) is 4.27. The molecule has 10 heteroatoms. The van der Waals surface area contributed by atoms with Crippen LogP contribution < -0.4 is 10.5 Å². The third-order valence-electron chi connectivity index (χ3n) is 5.40. The fraction of sp³-hybridized carbons (Fsp3) is 0.273. The zero-order valence-electron chi connectivity index (χ0n) is 17.4. The Balaban J connectivity index is 1.62. The lowest BCUT2D eigenvalue weighted by Crippen LogP contribution is -2.49. The van der Waals surface area contributed by atoms with Gasteiger partial charge in [0.15, 0.2) is 0 Å². The van der Waals surface area contributed by atoms with Gasteiger partial charge in [-0.3, -0.25) is 9.59 Å². The van der Waals surface area contributed by atoms with E-state index in [2.05, 4.69) is 21.3 Å². The van der Waals surface area contributed by atoms with Gasteiger partial charge in [0.1, 0.15) is 6.10 Å². The first-order valence-electron chi connectivity index (χ1n) is 10.1. The molecule has 3 heterocycles. The summed E-state index contributed by atoms with van der Waals surface area (Å²) in [6.07, 6.45) is 5.69. The van der Waals surface area contributed by atoms with Crippen LogP contribution in [0.1, 0.15) is 46.0 Å². The topological polar surface area (TPSA) is 140 Å². The summed E-state index contributed by atoms with van der Waals surface area (Å²) in [6.45, 7) is 2.29. The van der Waals surface area contributed by atoms with Crippen molar-refractivity contribution in [1.29, 1.82) is 5.26 Å². The molecule has 32 heavy (non-hydrogen) atoms. The van der Waals surface area contributed by atoms with E-state index in [1.165, 1.54) is 35.5 Å². The summed E-state index contributed by atoms with van der Waals surface area (Å²) >= 11 is 0. The van der Waals surface area contributed by atoms with Gasteiger partial charge < -0.3 is 15.4 Å². The highest BCUT2D eigenvalue weighted by molar-refractivity contribution is 6.01. The van der Waals surface area contributed by atoms with Crippen LogP contribution >= 0.6 is 0 Å². The predicted octanol–water partition coefficient (Wildman–Crippen LogP) is 1.70. The quantitative estimate of drug-likeness (QED) is 0.648. The molecule has 2 atom stereocenters. The monoisotopic (exact) mass is 431 g/mol. The first-order chi connectivity index (χ1) is 15.5. The number of carbonyl (C=O) groups is 2. The summed E-state index contributed by atoms with van der Waals surface area (Å²) in [7, 11) is 0. The molecule has 1 fully saturated rings. The standard InChI is InChI=1S/C22H21N7O3/c1-14-2-4-17(32-20-10-15(12-23)6-7-25-20)13-28(14)22(31)18-11-16(21(24)30)3-5-19(18)29-26-8-9-27-29/h3,5-11,14,17H,2,4,13H2,1H3,(H2,24,30)/t14-,17-/m1/s1. The summed E-state index contributed by atoms with van der Waals surface area (Å²) in [4.78, 5) is 32.5. The number of ether oxygens (including phenoxy) is 1. The van der Waals surface area contributed by atoms with Crippen LogP contribution in [0.5, 0.6) is 5.88 Å². The third-order valence-corrected chi connectivity index (χ3v) is 5.40. The number of pyridine rings is 1. The molecule has 1 aliphatic rings. The van der Waals surface area contributed by atoms with E-state index in [0.29, 0.717) is 23.7 Å². The number of aromatic nitrogens is 4. The maximum Gasteiger partial charge on any atom is 0.256 e. The average Bonchev–Trinajstić information content (AvgIpc) is 3.34. The zero-order chi connectivity index (χ0) is 22.7. The summed E-state index contributed by atoms with van der Waals surface area (Å²) in [6, 6.07) is 9.80. The molecule has 2 N–H and O–H groups in total. The van der Waals surface area contributed by atoms with E-state index >= 15 is 0 Å². The molecule has 4 rings (SSSR count). The second-order valence-corrected chi connectivity index (χ2v) is 7.53. The van der Waals surface area contributed by atoms with E-state index in [0.717, 1.165) is 12.8 Å². The van der Waals surface area contributed by atoms with Crippen LogP contribution in [0.2, 0.25) is 0 Å². The number of benzene rings is 1. The van der Waals surface area contributed by atoms with Gasteiger partial charge in [-0.05, 0) is 44.0 Å². The summed E-state index contributed by atoms with van der Waals surface area (Å²) in [5, 5.41) is 17.3. The van der Waals surface area contributed by atoms with Crippen LogP contribution in [-0.4, -0.2) is 55.4 Å². The highest BCUT2D eigenvalue weighted by Crippen LogP contribution is 2.25. The van der Waals surface area contributed by atoms with Crippen LogP contribution in [0.15, 0.2) is 48.9 Å². The normalized spacial score (nSPS) is 18.1. The number of amides is 2. The van der Waals surface area contributed by atoms with Crippen LogP contribution in [0.25, 0.3) is 5.69 Å². The second kappa shape index (κ2) is 8.85. The number of rotatable bonds is 5. The van der Waals surface area contributed by atoms with Gasteiger partial charge >= 0.3 is 0 Å². The number of hydrogen-bond acceptors (Lipinski definition) is 7. The Bertz CT molecular complexity index is 1190. The van der Waals surface area contributed by atoms with Gasteiger partial charge in [-0.1, -0.05) is 0 Å². The van der Waals surface area contributed by atoms with Crippen molar-refractivity contribution in [3.05, 3.63) is 65.6 Å². The van der Waals surface area contributed by atoms with Gasteiger partial charge in [-0.2, -0.15) is 20.3 Å². The molecule has 10 nitrogen and oxygen atoms in total. The number of primary amides is 1. The van der Waals surface area contributed by atoms with Crippen molar-refractivity contribution >= 4 is 11.8 Å². The van der Waals surface area contributed by atoms with Crippen LogP contribution in [0.4, 0.5) is 0 Å². The molecule has 1 saturated heterocycles. The molecule has 0 spiro atoms. The van der Waals surface area contributed by atoms with E-state index in [1.54, 1.807) is 23.1 Å². The predicted molar refractivity (Wildman–Crippen MR) is 113 cm³/mol. The summed E-state index contributed by atoms with van der Waals surface area (Å²) < 4.78 is 5.97. The van der Waals surface area contributed by atoms with Crippen LogP contribution in [0.3, 0.4) is 0 Å². The van der Waals surface area contributed by atoms with Crippen LogP contribution in [0, 0.1) is 11.3 Å². The zero-order valence-corrected chi connectivity index (χ0v) is 17.4. The fourth-order valence-electron chi connectivity index (χ4n) is 3.70. The Morgan fingerprint density at radius 2 is 1.94 bits per heavy atom. The largest absolute Gasteiger partial charge is 0.472 e. The van der Waals surface area contributed by atoms with Gasteiger partial charge in [0, 0.05) is 23.9 Å². The molecule has 2 amide bonds. The number of nitrogens with zero attached hydrogens (tertiary/aromatic N) is 6. The Labute approximate surface area is 184 Å². The first kappa shape index (κ1) is 21.0. The van der Waals surface area contributed by atoms with Gasteiger partial charge in [0.25, 0.3) is 5.91 Å². The number of nitriles is 1. The molecule has 0 saturated carbocycles. The molecule has 3 aromatic rings. The molecular formula is C22H21N7O3. The van der Waals surface area contributed by atoms with E-state index in [-0.39, 0.29) is 29.2 Å². The molecule has 162 valence electrons. The molecule has 1 aromatic carbocycles. The van der Waals surface area contributed by atoms with Crippen LogP contribution in [-0.2, 0) is 0 Å². The van der Waals surface area contributed by atoms with Gasteiger partial charge in [-0.25, -0.2) is 4.98 Å². The summed E-state index contributed by atoms with van der Waals surface area (Å²) in [5.74, 6) is -0.566. The van der Waals surface area contributed by atoms with Gasteiger partial charge in [-0.15, -0.1) is 0 Å². The van der Waals surface area contributed by atoms with E-state index in [9.17, 15) is 9.59 Å². The molecule has 0 radical (unpaired) electrons. The number of piperidine rings is 1. The van der Waals surface area contributed by atoms with Crippen molar-refractivity contribution < 1.29 is 14.3 Å². The highest BCUT2D eigenvalue weighted by atomic mass is 16.5. The van der Waals surface area contributed by atoms with Crippen molar-refractivity contribution in [2.75, 3.05) is 6.54 Å². The SMILES string of the molecule is C[C@@H]1CC[C@@H](Oc2cc(C#N)ccn2)CN1C(=O)c1cc(C(N)=O)ccc1-n1nccn1. The van der Waals surface area contributed by atoms with Crippen molar-refractivity contribution in [3.63, 3.8) is 0 Å².